The van der Waals surface area contributed by atoms with Gasteiger partial charge in [-0.1, -0.05) is 18.2 Å². The smallest absolute Gasteiger partial charge is 0.264 e. The molecule has 0 aromatic heterocycles. The van der Waals surface area contributed by atoms with E-state index in [1.165, 1.54) is 11.4 Å². The van der Waals surface area contributed by atoms with Gasteiger partial charge < -0.3 is 10.1 Å². The summed E-state index contributed by atoms with van der Waals surface area (Å²) in [6.07, 6.45) is 0. The fourth-order valence-electron chi connectivity index (χ4n) is 2.91. The van der Waals surface area contributed by atoms with Crippen LogP contribution in [0.1, 0.15) is 15.9 Å². The Balaban J connectivity index is 1.81. The summed E-state index contributed by atoms with van der Waals surface area (Å²) < 4.78 is 32.0. The van der Waals surface area contributed by atoms with Crippen molar-refractivity contribution in [3.8, 4) is 5.75 Å². The normalized spacial score (nSPS) is 11.0. The van der Waals surface area contributed by atoms with Crippen LogP contribution in [-0.2, 0) is 10.0 Å². The summed E-state index contributed by atoms with van der Waals surface area (Å²) in [6, 6.07) is 20.2. The van der Waals surface area contributed by atoms with E-state index in [2.05, 4.69) is 5.32 Å². The van der Waals surface area contributed by atoms with Gasteiger partial charge in [-0.15, -0.1) is 0 Å². The molecule has 0 spiro atoms. The lowest BCUT2D eigenvalue weighted by Gasteiger charge is -2.22. The summed E-state index contributed by atoms with van der Waals surface area (Å²) >= 11 is 0. The van der Waals surface area contributed by atoms with Crippen LogP contribution in [0.2, 0.25) is 0 Å². The van der Waals surface area contributed by atoms with Crippen molar-refractivity contribution < 1.29 is 17.9 Å². The minimum absolute atomic E-state index is 0.211. The van der Waals surface area contributed by atoms with Crippen molar-refractivity contribution in [3.63, 3.8) is 0 Å². The highest BCUT2D eigenvalue weighted by atomic mass is 32.2. The third-order valence-electron chi connectivity index (χ3n) is 4.55. The minimum Gasteiger partial charge on any atom is -0.497 e. The summed E-state index contributed by atoms with van der Waals surface area (Å²) in [4.78, 5) is 12.8. The topological polar surface area (TPSA) is 75.7 Å². The van der Waals surface area contributed by atoms with Gasteiger partial charge in [0.15, 0.2) is 0 Å². The number of hydrogen-bond donors (Lipinski definition) is 1. The summed E-state index contributed by atoms with van der Waals surface area (Å²) in [5.41, 5.74) is 2.26. The molecule has 6 nitrogen and oxygen atoms in total. The predicted octanol–water partition coefficient (Wildman–Crippen LogP) is 4.08. The van der Waals surface area contributed by atoms with E-state index < -0.39 is 10.0 Å². The van der Waals surface area contributed by atoms with Crippen LogP contribution in [-0.4, -0.2) is 28.5 Å². The predicted molar refractivity (Wildman–Crippen MR) is 114 cm³/mol. The molecule has 0 saturated carbocycles. The molecule has 0 aliphatic rings. The Hall–Kier alpha value is -3.32. The van der Waals surface area contributed by atoms with Crippen molar-refractivity contribution in [3.05, 3.63) is 83.9 Å². The van der Waals surface area contributed by atoms with Crippen molar-refractivity contribution in [2.45, 2.75) is 11.8 Å². The second kappa shape index (κ2) is 8.36. The highest BCUT2D eigenvalue weighted by Crippen LogP contribution is 2.26. The summed E-state index contributed by atoms with van der Waals surface area (Å²) in [5, 5.41) is 2.82. The van der Waals surface area contributed by atoms with E-state index in [1.54, 1.807) is 86.8 Å². The molecule has 1 amide bonds. The molecule has 150 valence electrons. The van der Waals surface area contributed by atoms with E-state index in [9.17, 15) is 13.2 Å². The van der Waals surface area contributed by atoms with Gasteiger partial charge in [-0.05, 0) is 67.1 Å². The summed E-state index contributed by atoms with van der Waals surface area (Å²) in [6.45, 7) is 1.77. The Kier molecular flexibility index (Phi) is 5.89. The Morgan fingerprint density at radius 2 is 1.62 bits per heavy atom. The molecule has 0 unspecified atom stereocenters. The fraction of sp³-hybridized carbons (Fsp3) is 0.136. The van der Waals surface area contributed by atoms with Gasteiger partial charge in [0.05, 0.1) is 17.7 Å². The van der Waals surface area contributed by atoms with E-state index in [1.807, 2.05) is 0 Å². The zero-order valence-electron chi connectivity index (χ0n) is 16.4. The number of sulfonamides is 1. The molecule has 3 rings (SSSR count). The first-order chi connectivity index (χ1) is 13.8. The molecule has 7 heteroatoms. The highest BCUT2D eigenvalue weighted by molar-refractivity contribution is 7.92. The second-order valence-corrected chi connectivity index (χ2v) is 8.44. The number of rotatable bonds is 6. The van der Waals surface area contributed by atoms with Crippen molar-refractivity contribution in [2.24, 2.45) is 0 Å². The summed E-state index contributed by atoms with van der Waals surface area (Å²) in [7, 11) is -0.604. The van der Waals surface area contributed by atoms with Gasteiger partial charge in [0.2, 0.25) is 0 Å². The molecule has 0 saturated heterocycles. The lowest BCUT2D eigenvalue weighted by atomic mass is 10.1. The number of methoxy groups -OCH3 is 1. The molecular formula is C22H22N2O4S. The fourth-order valence-corrected chi connectivity index (χ4v) is 4.19. The quantitative estimate of drug-likeness (QED) is 0.664. The first kappa shape index (κ1) is 20.4. The van der Waals surface area contributed by atoms with Gasteiger partial charge in [-0.3, -0.25) is 9.10 Å². The Bertz CT molecular complexity index is 1110. The van der Waals surface area contributed by atoms with Crippen molar-refractivity contribution in [1.82, 2.24) is 0 Å². The first-order valence-electron chi connectivity index (χ1n) is 8.93. The van der Waals surface area contributed by atoms with Crippen LogP contribution in [0.5, 0.6) is 5.75 Å². The Morgan fingerprint density at radius 1 is 0.966 bits per heavy atom. The minimum atomic E-state index is -3.68. The number of aryl methyl sites for hydroxylation is 1. The lowest BCUT2D eigenvalue weighted by Crippen LogP contribution is -2.27. The lowest BCUT2D eigenvalue weighted by molar-refractivity contribution is 0.102. The number of nitrogens with one attached hydrogen (secondary N) is 1. The number of anilines is 2. The molecule has 0 bridgehead atoms. The van der Waals surface area contributed by atoms with Gasteiger partial charge in [-0.25, -0.2) is 8.42 Å². The zero-order valence-corrected chi connectivity index (χ0v) is 17.2. The van der Waals surface area contributed by atoms with E-state index in [-0.39, 0.29) is 10.8 Å². The van der Waals surface area contributed by atoms with Crippen LogP contribution in [0, 0.1) is 6.92 Å². The maximum absolute atomic E-state index is 12.8. The van der Waals surface area contributed by atoms with Gasteiger partial charge >= 0.3 is 0 Å². The molecule has 0 heterocycles. The maximum atomic E-state index is 12.8. The number of benzene rings is 3. The number of carbonyl (C=O) groups is 1. The molecule has 0 atom stereocenters. The Labute approximate surface area is 170 Å². The van der Waals surface area contributed by atoms with Crippen molar-refractivity contribution >= 4 is 27.3 Å². The number of ether oxygens (including phenoxy) is 1. The molecule has 0 aliphatic heterocycles. The average Bonchev–Trinajstić information content (AvgIpc) is 2.74. The van der Waals surface area contributed by atoms with Gasteiger partial charge in [0, 0.05) is 18.3 Å². The molecule has 3 aromatic carbocycles. The third kappa shape index (κ3) is 4.41. The third-order valence-corrected chi connectivity index (χ3v) is 6.33. The first-order valence-corrected chi connectivity index (χ1v) is 10.4. The standard InChI is InChI=1S/C22H22N2O4S/c1-16-15-17(22(25)23-18-10-12-19(28-3)13-11-18)9-14-21(16)24(2)29(26,27)20-7-5-4-6-8-20/h4-15H,1-3H3,(H,23,25). The molecular weight excluding hydrogens is 388 g/mol. The van der Waals surface area contributed by atoms with E-state index >= 15 is 0 Å². The molecule has 0 aliphatic carbocycles. The van der Waals surface area contributed by atoms with Crippen molar-refractivity contribution in [1.29, 1.82) is 0 Å². The molecule has 1 N–H and O–H groups in total. The highest BCUT2D eigenvalue weighted by Gasteiger charge is 2.22. The van der Waals surface area contributed by atoms with Gasteiger partial charge in [0.1, 0.15) is 5.75 Å². The van der Waals surface area contributed by atoms with Crippen LogP contribution < -0.4 is 14.4 Å². The molecule has 3 aromatic rings. The number of hydrogen-bond acceptors (Lipinski definition) is 4. The average molecular weight is 410 g/mol. The van der Waals surface area contributed by atoms with E-state index in [4.69, 9.17) is 4.74 Å². The van der Waals surface area contributed by atoms with Crippen molar-refractivity contribution in [2.75, 3.05) is 23.8 Å². The largest absolute Gasteiger partial charge is 0.497 e. The maximum Gasteiger partial charge on any atom is 0.264 e. The monoisotopic (exact) mass is 410 g/mol. The van der Waals surface area contributed by atoms with Crippen LogP contribution in [0.25, 0.3) is 0 Å². The van der Waals surface area contributed by atoms with Crippen LogP contribution in [0.3, 0.4) is 0 Å². The van der Waals surface area contributed by atoms with Crippen LogP contribution in [0.4, 0.5) is 11.4 Å². The summed E-state index contributed by atoms with van der Waals surface area (Å²) in [5.74, 6) is 0.421. The molecule has 0 fully saturated rings. The van der Waals surface area contributed by atoms with E-state index in [0.717, 1.165) is 0 Å². The zero-order chi connectivity index (χ0) is 21.0. The van der Waals surface area contributed by atoms with Gasteiger partial charge in [0.25, 0.3) is 15.9 Å². The number of nitrogens with zero attached hydrogens (tertiary/aromatic N) is 1. The number of amides is 1. The van der Waals surface area contributed by atoms with Gasteiger partial charge in [-0.2, -0.15) is 0 Å². The second-order valence-electron chi connectivity index (χ2n) is 6.47. The molecule has 0 radical (unpaired) electrons. The van der Waals surface area contributed by atoms with E-state index in [0.29, 0.717) is 28.3 Å². The Morgan fingerprint density at radius 3 is 2.21 bits per heavy atom. The van der Waals surface area contributed by atoms with Crippen LogP contribution in [0.15, 0.2) is 77.7 Å². The molecule has 29 heavy (non-hydrogen) atoms. The van der Waals surface area contributed by atoms with Crippen LogP contribution >= 0.6 is 0 Å². The SMILES string of the molecule is COc1ccc(NC(=O)c2ccc(N(C)S(=O)(=O)c3ccccc3)c(C)c2)cc1. The number of carbonyl (C=O) groups excluding carboxylic acids is 1.